The normalized spacial score (nSPS) is 17.4. The Morgan fingerprint density at radius 2 is 2.07 bits per heavy atom. The number of halogens is 1. The van der Waals surface area contributed by atoms with Crippen LogP contribution >= 0.6 is 11.6 Å². The van der Waals surface area contributed by atoms with E-state index in [4.69, 9.17) is 21.1 Å². The van der Waals surface area contributed by atoms with Crippen LogP contribution in [0.3, 0.4) is 0 Å². The molecular weight excluding hydrogens is 390 g/mol. The molecule has 1 aliphatic rings. The third-order valence-corrected chi connectivity index (χ3v) is 5.08. The minimum absolute atomic E-state index is 0.0488. The minimum atomic E-state index is -0.330. The number of aromatic nitrogens is 1. The zero-order valence-corrected chi connectivity index (χ0v) is 18.1. The van der Waals surface area contributed by atoms with Crippen molar-refractivity contribution >= 4 is 17.7 Å². The molecule has 156 valence electrons. The van der Waals surface area contributed by atoms with Crippen molar-refractivity contribution in [1.82, 2.24) is 14.8 Å². The topological polar surface area (TPSA) is 54.9 Å². The summed E-state index contributed by atoms with van der Waals surface area (Å²) in [4.78, 5) is 20.7. The Morgan fingerprint density at radius 1 is 1.28 bits per heavy atom. The number of aryl methyl sites for hydroxylation is 1. The van der Waals surface area contributed by atoms with Gasteiger partial charge in [0.05, 0.1) is 17.3 Å². The van der Waals surface area contributed by atoms with Crippen LogP contribution in [0.1, 0.15) is 31.9 Å². The van der Waals surface area contributed by atoms with Crippen LogP contribution < -0.4 is 9.47 Å². The Hall–Kier alpha value is -2.31. The minimum Gasteiger partial charge on any atom is -0.489 e. The molecule has 0 bridgehead atoms. The zero-order chi connectivity index (χ0) is 21.0. The highest BCUT2D eigenvalue weighted by Crippen LogP contribution is 2.27. The lowest BCUT2D eigenvalue weighted by Crippen LogP contribution is -2.54. The lowest BCUT2D eigenvalue weighted by Gasteiger charge is -2.39. The van der Waals surface area contributed by atoms with Crippen LogP contribution in [-0.2, 0) is 6.54 Å². The van der Waals surface area contributed by atoms with Gasteiger partial charge >= 0.3 is 6.09 Å². The first-order valence-corrected chi connectivity index (χ1v) is 10.3. The summed E-state index contributed by atoms with van der Waals surface area (Å²) in [6.45, 7) is 10.9. The quantitative estimate of drug-likeness (QED) is 0.715. The predicted molar refractivity (Wildman–Crippen MR) is 114 cm³/mol. The van der Waals surface area contributed by atoms with Crippen molar-refractivity contribution < 1.29 is 14.3 Å². The Morgan fingerprint density at radius 3 is 2.76 bits per heavy atom. The molecule has 0 N–H and O–H groups in total. The molecule has 1 amide bonds. The van der Waals surface area contributed by atoms with E-state index < -0.39 is 0 Å². The number of ether oxygens (including phenoxy) is 2. The van der Waals surface area contributed by atoms with E-state index in [1.54, 1.807) is 17.3 Å². The molecular formula is C22H28ClN3O3. The second-order valence-corrected chi connectivity index (χ2v) is 8.18. The first-order valence-electron chi connectivity index (χ1n) is 9.89. The van der Waals surface area contributed by atoms with Crippen LogP contribution in [0.2, 0.25) is 5.02 Å². The third-order valence-electron chi connectivity index (χ3n) is 4.77. The highest BCUT2D eigenvalue weighted by molar-refractivity contribution is 6.32. The fourth-order valence-corrected chi connectivity index (χ4v) is 3.60. The molecule has 0 spiro atoms. The molecule has 1 aromatic heterocycles. The lowest BCUT2D eigenvalue weighted by atomic mass is 10.1. The number of rotatable bonds is 5. The number of amides is 1. The average molecular weight is 418 g/mol. The number of piperazine rings is 1. The van der Waals surface area contributed by atoms with E-state index in [9.17, 15) is 4.79 Å². The monoisotopic (exact) mass is 417 g/mol. The zero-order valence-electron chi connectivity index (χ0n) is 17.4. The van der Waals surface area contributed by atoms with Gasteiger partial charge in [0.2, 0.25) is 0 Å². The summed E-state index contributed by atoms with van der Waals surface area (Å²) in [7, 11) is 0. The first-order chi connectivity index (χ1) is 13.8. The summed E-state index contributed by atoms with van der Waals surface area (Å²) in [5.41, 5.74) is 2.09. The van der Waals surface area contributed by atoms with E-state index in [-0.39, 0.29) is 18.2 Å². The largest absolute Gasteiger partial charge is 0.489 e. The van der Waals surface area contributed by atoms with Crippen LogP contribution in [0.25, 0.3) is 0 Å². The van der Waals surface area contributed by atoms with Crippen molar-refractivity contribution in [3.8, 4) is 11.5 Å². The van der Waals surface area contributed by atoms with Gasteiger partial charge in [0.15, 0.2) is 5.75 Å². The number of carbonyl (C=O) groups excluding carboxylic acids is 1. The molecule has 3 rings (SSSR count). The lowest BCUT2D eigenvalue weighted by molar-refractivity contribution is 0.0751. The number of pyridine rings is 1. The van der Waals surface area contributed by atoms with E-state index in [0.29, 0.717) is 23.1 Å². The van der Waals surface area contributed by atoms with Crippen molar-refractivity contribution in [3.63, 3.8) is 0 Å². The van der Waals surface area contributed by atoms with Gasteiger partial charge in [0.25, 0.3) is 0 Å². The van der Waals surface area contributed by atoms with Crippen molar-refractivity contribution in [2.45, 2.75) is 46.4 Å². The third kappa shape index (κ3) is 5.84. The Labute approximate surface area is 177 Å². The van der Waals surface area contributed by atoms with Gasteiger partial charge in [-0.2, -0.15) is 0 Å². The molecule has 2 heterocycles. The van der Waals surface area contributed by atoms with Gasteiger partial charge in [-0.3, -0.25) is 9.88 Å². The summed E-state index contributed by atoms with van der Waals surface area (Å²) in [5, 5.41) is 0.619. The SMILES string of the molecule is Cc1cncc(OC(=O)N2CCN(Cc3ccc(Cl)c(OC(C)C)c3)C[C@H]2C)c1. The van der Waals surface area contributed by atoms with Crippen LogP contribution in [0.4, 0.5) is 4.79 Å². The highest BCUT2D eigenvalue weighted by Gasteiger charge is 2.29. The molecule has 1 aliphatic heterocycles. The molecule has 1 saturated heterocycles. The van der Waals surface area contributed by atoms with E-state index in [0.717, 1.165) is 30.8 Å². The van der Waals surface area contributed by atoms with Crippen molar-refractivity contribution in [1.29, 1.82) is 0 Å². The van der Waals surface area contributed by atoms with Gasteiger partial charge in [-0.05, 0) is 57.0 Å². The van der Waals surface area contributed by atoms with E-state index >= 15 is 0 Å². The van der Waals surface area contributed by atoms with Crippen LogP contribution in [0.5, 0.6) is 11.5 Å². The molecule has 0 aliphatic carbocycles. The molecule has 7 heteroatoms. The summed E-state index contributed by atoms with van der Waals surface area (Å²) < 4.78 is 11.3. The van der Waals surface area contributed by atoms with E-state index in [2.05, 4.69) is 9.88 Å². The second-order valence-electron chi connectivity index (χ2n) is 7.77. The van der Waals surface area contributed by atoms with Crippen molar-refractivity contribution in [3.05, 3.63) is 52.8 Å². The molecule has 1 aromatic carbocycles. The van der Waals surface area contributed by atoms with Crippen LogP contribution in [0, 0.1) is 6.92 Å². The number of nitrogens with zero attached hydrogens (tertiary/aromatic N) is 3. The maximum Gasteiger partial charge on any atom is 0.415 e. The molecule has 29 heavy (non-hydrogen) atoms. The molecule has 2 aromatic rings. The maximum atomic E-state index is 12.6. The van der Waals surface area contributed by atoms with Gasteiger partial charge in [-0.25, -0.2) is 4.79 Å². The number of hydrogen-bond donors (Lipinski definition) is 0. The van der Waals surface area contributed by atoms with Crippen LogP contribution in [-0.4, -0.2) is 52.7 Å². The molecule has 1 fully saturated rings. The summed E-state index contributed by atoms with van der Waals surface area (Å²) in [6.07, 6.45) is 3.03. The number of carbonyl (C=O) groups is 1. The molecule has 1 atom stereocenters. The average Bonchev–Trinajstić information content (AvgIpc) is 2.64. The van der Waals surface area contributed by atoms with Crippen molar-refractivity contribution in [2.24, 2.45) is 0 Å². The fourth-order valence-electron chi connectivity index (χ4n) is 3.44. The van der Waals surface area contributed by atoms with Gasteiger partial charge < -0.3 is 14.4 Å². The number of benzene rings is 1. The molecule has 6 nitrogen and oxygen atoms in total. The second kappa shape index (κ2) is 9.46. The predicted octanol–water partition coefficient (Wildman–Crippen LogP) is 4.54. The maximum absolute atomic E-state index is 12.6. The number of hydrogen-bond acceptors (Lipinski definition) is 5. The molecule has 0 radical (unpaired) electrons. The fraction of sp³-hybridized carbons (Fsp3) is 0.455. The Bertz CT molecular complexity index is 859. The summed E-state index contributed by atoms with van der Waals surface area (Å²) in [6, 6.07) is 7.75. The van der Waals surface area contributed by atoms with E-state index in [1.165, 1.54) is 0 Å². The van der Waals surface area contributed by atoms with Gasteiger partial charge in [0, 0.05) is 38.4 Å². The van der Waals surface area contributed by atoms with E-state index in [1.807, 2.05) is 52.0 Å². The molecule has 0 saturated carbocycles. The van der Waals surface area contributed by atoms with Gasteiger partial charge in [0.1, 0.15) is 5.75 Å². The standard InChI is InChI=1S/C22H28ClN3O3/c1-15(2)28-21-10-18(5-6-20(21)23)14-25-7-8-26(17(4)13-25)22(27)29-19-9-16(3)11-24-12-19/h5-6,9-12,15,17H,7-8,13-14H2,1-4H3/t17-/m1/s1. The van der Waals surface area contributed by atoms with Crippen molar-refractivity contribution in [2.75, 3.05) is 19.6 Å². The van der Waals surface area contributed by atoms with Crippen LogP contribution in [0.15, 0.2) is 36.7 Å². The molecule has 0 unspecified atom stereocenters. The Kier molecular flexibility index (Phi) is 6.98. The first kappa shape index (κ1) is 21.4. The van der Waals surface area contributed by atoms with Gasteiger partial charge in [-0.1, -0.05) is 17.7 Å². The summed E-state index contributed by atoms with van der Waals surface area (Å²) >= 11 is 6.24. The smallest absolute Gasteiger partial charge is 0.415 e. The summed E-state index contributed by atoms with van der Waals surface area (Å²) in [5.74, 6) is 1.18. The Balaban J connectivity index is 1.58. The van der Waals surface area contributed by atoms with Gasteiger partial charge in [-0.15, -0.1) is 0 Å². The highest BCUT2D eigenvalue weighted by atomic mass is 35.5.